The molecular formula is C15H31NO4Si. The minimum atomic E-state index is -1.78. The fourth-order valence-corrected chi connectivity index (χ4v) is 3.63. The van der Waals surface area contributed by atoms with E-state index in [1.165, 1.54) is 0 Å². The SMILES string of the molecule is CC1(C)O[C@H]2[C@H](O1)[C@@H](CO[Si](C)(C)C(C)(C)C)NC[C@@H]2O. The van der Waals surface area contributed by atoms with E-state index in [1.807, 2.05) is 13.8 Å². The molecule has 0 spiro atoms. The molecule has 2 aliphatic heterocycles. The molecule has 4 atom stereocenters. The topological polar surface area (TPSA) is 60.0 Å². The van der Waals surface area contributed by atoms with Crippen LogP contribution in [0.25, 0.3) is 0 Å². The molecular weight excluding hydrogens is 286 g/mol. The van der Waals surface area contributed by atoms with Gasteiger partial charge >= 0.3 is 0 Å². The van der Waals surface area contributed by atoms with Crippen LogP contribution in [0.15, 0.2) is 0 Å². The minimum Gasteiger partial charge on any atom is -0.415 e. The molecule has 0 aliphatic carbocycles. The number of nitrogens with one attached hydrogen (secondary N) is 1. The summed E-state index contributed by atoms with van der Waals surface area (Å²) in [6.07, 6.45) is -0.955. The summed E-state index contributed by atoms with van der Waals surface area (Å²) in [4.78, 5) is 0. The van der Waals surface area contributed by atoms with Crippen molar-refractivity contribution in [2.24, 2.45) is 0 Å². The molecule has 2 heterocycles. The van der Waals surface area contributed by atoms with Crippen LogP contribution < -0.4 is 5.32 Å². The Morgan fingerprint density at radius 3 is 2.38 bits per heavy atom. The lowest BCUT2D eigenvalue weighted by molar-refractivity contribution is -0.153. The van der Waals surface area contributed by atoms with Crippen molar-refractivity contribution in [3.8, 4) is 0 Å². The molecule has 5 nitrogen and oxygen atoms in total. The van der Waals surface area contributed by atoms with Gasteiger partial charge in [-0.05, 0) is 32.0 Å². The smallest absolute Gasteiger partial charge is 0.192 e. The lowest BCUT2D eigenvalue weighted by Crippen LogP contribution is -2.61. The van der Waals surface area contributed by atoms with Crippen LogP contribution in [0.3, 0.4) is 0 Å². The average Bonchev–Trinajstić information content (AvgIpc) is 2.63. The van der Waals surface area contributed by atoms with E-state index < -0.39 is 20.2 Å². The van der Waals surface area contributed by atoms with E-state index in [4.69, 9.17) is 13.9 Å². The molecule has 0 unspecified atom stereocenters. The highest BCUT2D eigenvalue weighted by Gasteiger charge is 2.51. The van der Waals surface area contributed by atoms with E-state index in [-0.39, 0.29) is 23.3 Å². The highest BCUT2D eigenvalue weighted by atomic mass is 28.4. The van der Waals surface area contributed by atoms with Crippen LogP contribution >= 0.6 is 0 Å². The Hall–Kier alpha value is 0.0169. The van der Waals surface area contributed by atoms with Crippen LogP contribution in [-0.2, 0) is 13.9 Å². The van der Waals surface area contributed by atoms with Crippen molar-refractivity contribution in [2.75, 3.05) is 13.2 Å². The fraction of sp³-hybridized carbons (Fsp3) is 1.00. The number of β-amino-alcohol motifs (C(OH)–C–C–N with tert-alkyl or cyclic N) is 1. The van der Waals surface area contributed by atoms with Gasteiger partial charge in [0.2, 0.25) is 0 Å². The van der Waals surface area contributed by atoms with E-state index in [1.54, 1.807) is 0 Å². The average molecular weight is 318 g/mol. The molecule has 21 heavy (non-hydrogen) atoms. The number of piperidine rings is 1. The Kier molecular flexibility index (Phi) is 4.62. The van der Waals surface area contributed by atoms with Crippen LogP contribution in [0.1, 0.15) is 34.6 Å². The van der Waals surface area contributed by atoms with Gasteiger partial charge in [-0.25, -0.2) is 0 Å². The van der Waals surface area contributed by atoms with Gasteiger partial charge in [0.1, 0.15) is 12.2 Å². The Bertz CT molecular complexity index is 380. The largest absolute Gasteiger partial charge is 0.415 e. The van der Waals surface area contributed by atoms with E-state index in [9.17, 15) is 5.11 Å². The zero-order chi connectivity index (χ0) is 16.1. The predicted molar refractivity (Wildman–Crippen MR) is 84.8 cm³/mol. The molecule has 2 rings (SSSR count). The summed E-state index contributed by atoms with van der Waals surface area (Å²) in [6, 6.07) is 0.0642. The Balaban J connectivity index is 2.01. The van der Waals surface area contributed by atoms with Crippen LogP contribution in [0, 0.1) is 0 Å². The molecule has 0 aromatic rings. The van der Waals surface area contributed by atoms with Crippen molar-refractivity contribution in [2.45, 2.75) is 82.9 Å². The molecule has 0 saturated carbocycles. The number of fused-ring (bicyclic) bond motifs is 1. The third-order valence-corrected chi connectivity index (χ3v) is 9.46. The van der Waals surface area contributed by atoms with Gasteiger partial charge < -0.3 is 24.3 Å². The molecule has 2 fully saturated rings. The first-order valence-electron chi connectivity index (χ1n) is 7.84. The van der Waals surface area contributed by atoms with Gasteiger partial charge in [-0.1, -0.05) is 20.8 Å². The summed E-state index contributed by atoms with van der Waals surface area (Å²) in [5.74, 6) is -0.641. The van der Waals surface area contributed by atoms with E-state index in [2.05, 4.69) is 39.2 Å². The standard InChI is InChI=1S/C15H31NO4Si/c1-14(2,3)21(6,7)18-9-10-12-13(11(17)8-16-10)20-15(4,5)19-12/h10-13,16-17H,8-9H2,1-7H3/t10-,11+,12-,13-/m1/s1. The predicted octanol–water partition coefficient (Wildman–Crippen LogP) is 1.86. The number of ether oxygens (including phenoxy) is 2. The zero-order valence-electron chi connectivity index (χ0n) is 14.4. The Morgan fingerprint density at radius 2 is 1.81 bits per heavy atom. The third-order valence-electron chi connectivity index (χ3n) is 4.96. The first-order valence-corrected chi connectivity index (χ1v) is 10.7. The Labute approximate surface area is 129 Å². The summed E-state index contributed by atoms with van der Waals surface area (Å²) in [5.41, 5.74) is 0. The maximum Gasteiger partial charge on any atom is 0.192 e. The van der Waals surface area contributed by atoms with Crippen molar-refractivity contribution in [3.05, 3.63) is 0 Å². The second-order valence-corrected chi connectivity index (χ2v) is 13.0. The maximum atomic E-state index is 10.1. The first-order chi connectivity index (χ1) is 9.43. The lowest BCUT2D eigenvalue weighted by Gasteiger charge is -2.40. The Morgan fingerprint density at radius 1 is 1.24 bits per heavy atom. The van der Waals surface area contributed by atoms with Gasteiger partial charge in [0.15, 0.2) is 14.1 Å². The fourth-order valence-electron chi connectivity index (χ4n) is 2.60. The summed E-state index contributed by atoms with van der Waals surface area (Å²) in [5, 5.41) is 13.6. The summed E-state index contributed by atoms with van der Waals surface area (Å²) >= 11 is 0. The molecule has 2 saturated heterocycles. The number of rotatable bonds is 3. The van der Waals surface area contributed by atoms with Crippen molar-refractivity contribution >= 4 is 8.32 Å². The summed E-state index contributed by atoms with van der Waals surface area (Å²) in [7, 11) is -1.78. The summed E-state index contributed by atoms with van der Waals surface area (Å²) in [6.45, 7) is 16.1. The maximum absolute atomic E-state index is 10.1. The minimum absolute atomic E-state index is 0.0642. The summed E-state index contributed by atoms with van der Waals surface area (Å²) < 4.78 is 18.1. The van der Waals surface area contributed by atoms with Gasteiger partial charge in [-0.3, -0.25) is 0 Å². The van der Waals surface area contributed by atoms with Gasteiger partial charge in [0, 0.05) is 6.54 Å². The zero-order valence-corrected chi connectivity index (χ0v) is 15.4. The van der Waals surface area contributed by atoms with E-state index in [0.717, 1.165) is 0 Å². The first kappa shape index (κ1) is 17.4. The van der Waals surface area contributed by atoms with Crippen LogP contribution in [0.4, 0.5) is 0 Å². The second kappa shape index (κ2) is 5.58. The molecule has 0 amide bonds. The number of hydrogen-bond acceptors (Lipinski definition) is 5. The van der Waals surface area contributed by atoms with Crippen molar-refractivity contribution in [1.29, 1.82) is 0 Å². The number of aliphatic hydroxyl groups excluding tert-OH is 1. The van der Waals surface area contributed by atoms with Crippen LogP contribution in [-0.4, -0.2) is 56.7 Å². The molecule has 2 N–H and O–H groups in total. The molecule has 0 radical (unpaired) electrons. The highest BCUT2D eigenvalue weighted by Crippen LogP contribution is 2.38. The molecule has 6 heteroatoms. The van der Waals surface area contributed by atoms with E-state index >= 15 is 0 Å². The quantitative estimate of drug-likeness (QED) is 0.778. The number of aliphatic hydroxyl groups is 1. The molecule has 124 valence electrons. The molecule has 0 aromatic carbocycles. The molecule has 0 aromatic heterocycles. The lowest BCUT2D eigenvalue weighted by atomic mass is 9.97. The van der Waals surface area contributed by atoms with Crippen molar-refractivity contribution < 1.29 is 19.0 Å². The van der Waals surface area contributed by atoms with E-state index in [0.29, 0.717) is 13.2 Å². The van der Waals surface area contributed by atoms with Crippen molar-refractivity contribution in [3.63, 3.8) is 0 Å². The van der Waals surface area contributed by atoms with Gasteiger partial charge in [-0.15, -0.1) is 0 Å². The third kappa shape index (κ3) is 3.68. The van der Waals surface area contributed by atoms with Crippen LogP contribution in [0.2, 0.25) is 18.1 Å². The van der Waals surface area contributed by atoms with Gasteiger partial charge in [-0.2, -0.15) is 0 Å². The number of hydrogen-bond donors (Lipinski definition) is 2. The highest BCUT2D eigenvalue weighted by molar-refractivity contribution is 6.74. The van der Waals surface area contributed by atoms with Gasteiger partial charge in [0.05, 0.1) is 18.8 Å². The normalized spacial score (nSPS) is 36.6. The molecule has 0 bridgehead atoms. The van der Waals surface area contributed by atoms with Gasteiger partial charge in [0.25, 0.3) is 0 Å². The van der Waals surface area contributed by atoms with Crippen molar-refractivity contribution in [1.82, 2.24) is 5.32 Å². The monoisotopic (exact) mass is 317 g/mol. The second-order valence-electron chi connectivity index (χ2n) is 8.22. The molecule has 2 aliphatic rings. The van der Waals surface area contributed by atoms with Crippen LogP contribution in [0.5, 0.6) is 0 Å².